The first-order chi connectivity index (χ1) is 7.42. The van der Waals surface area contributed by atoms with Gasteiger partial charge in [-0.25, -0.2) is 0 Å². The molecular weight excluding hydrogens is 182 g/mol. The molecule has 0 spiro atoms. The van der Waals surface area contributed by atoms with Crippen molar-refractivity contribution in [3.05, 3.63) is 0 Å². The summed E-state index contributed by atoms with van der Waals surface area (Å²) in [6.45, 7) is 2.57. The van der Waals surface area contributed by atoms with Gasteiger partial charge >= 0.3 is 0 Å². The van der Waals surface area contributed by atoms with Crippen LogP contribution in [0, 0.1) is 18.3 Å². The normalized spacial score (nSPS) is 28.3. The van der Waals surface area contributed by atoms with E-state index in [2.05, 4.69) is 10.8 Å². The average Bonchev–Trinajstić information content (AvgIpc) is 2.87. The van der Waals surface area contributed by atoms with Crippen LogP contribution in [0.4, 0.5) is 0 Å². The Hall–Kier alpha value is -0.480. The van der Waals surface area contributed by atoms with E-state index in [1.165, 1.54) is 58.0 Å². The van der Waals surface area contributed by atoms with Crippen LogP contribution in [0.15, 0.2) is 0 Å². The molecule has 1 aliphatic carbocycles. The van der Waals surface area contributed by atoms with Gasteiger partial charge in [-0.3, -0.25) is 0 Å². The van der Waals surface area contributed by atoms with Crippen molar-refractivity contribution in [2.75, 3.05) is 13.1 Å². The minimum absolute atomic E-state index is 0.908. The SMILES string of the molecule is C#CCCCN1CCCC1C1CCCC1. The van der Waals surface area contributed by atoms with Gasteiger partial charge in [-0.05, 0) is 51.1 Å². The Morgan fingerprint density at radius 3 is 2.67 bits per heavy atom. The molecule has 0 aromatic heterocycles. The van der Waals surface area contributed by atoms with Gasteiger partial charge in [-0.1, -0.05) is 12.8 Å². The van der Waals surface area contributed by atoms with E-state index in [0.717, 1.165) is 18.4 Å². The van der Waals surface area contributed by atoms with E-state index in [4.69, 9.17) is 6.42 Å². The molecule has 0 aromatic carbocycles. The molecule has 84 valence electrons. The largest absolute Gasteiger partial charge is 0.300 e. The Morgan fingerprint density at radius 2 is 1.93 bits per heavy atom. The molecule has 1 saturated carbocycles. The third-order valence-electron chi connectivity index (χ3n) is 4.12. The van der Waals surface area contributed by atoms with E-state index in [9.17, 15) is 0 Å². The fourth-order valence-electron chi connectivity index (χ4n) is 3.39. The smallest absolute Gasteiger partial charge is 0.0124 e. The Bertz CT molecular complexity index is 222. The van der Waals surface area contributed by atoms with Crippen LogP contribution in [0.25, 0.3) is 0 Å². The van der Waals surface area contributed by atoms with Gasteiger partial charge in [-0.2, -0.15) is 0 Å². The molecule has 0 aromatic rings. The van der Waals surface area contributed by atoms with Gasteiger partial charge in [0.15, 0.2) is 0 Å². The molecule has 0 N–H and O–H groups in total. The lowest BCUT2D eigenvalue weighted by atomic mass is 9.96. The van der Waals surface area contributed by atoms with Crippen LogP contribution in [0.5, 0.6) is 0 Å². The minimum Gasteiger partial charge on any atom is -0.300 e. The molecule has 2 aliphatic rings. The summed E-state index contributed by atoms with van der Waals surface area (Å²) in [5.74, 6) is 3.76. The Kier molecular flexibility index (Phi) is 4.09. The number of hydrogen-bond acceptors (Lipinski definition) is 1. The molecular formula is C14H23N. The Morgan fingerprint density at radius 1 is 1.13 bits per heavy atom. The number of rotatable bonds is 4. The van der Waals surface area contributed by atoms with Crippen LogP contribution >= 0.6 is 0 Å². The highest BCUT2D eigenvalue weighted by molar-refractivity contribution is 4.89. The van der Waals surface area contributed by atoms with Crippen LogP contribution in [0.2, 0.25) is 0 Å². The molecule has 0 amide bonds. The highest BCUT2D eigenvalue weighted by Gasteiger charge is 2.32. The van der Waals surface area contributed by atoms with Gasteiger partial charge in [0, 0.05) is 12.5 Å². The molecule has 1 heteroatoms. The van der Waals surface area contributed by atoms with E-state index < -0.39 is 0 Å². The van der Waals surface area contributed by atoms with Crippen LogP contribution in [-0.4, -0.2) is 24.0 Å². The zero-order valence-corrected chi connectivity index (χ0v) is 9.75. The maximum absolute atomic E-state index is 5.30. The first-order valence-electron chi connectivity index (χ1n) is 6.59. The van der Waals surface area contributed by atoms with E-state index in [0.29, 0.717) is 0 Å². The van der Waals surface area contributed by atoms with E-state index in [1.807, 2.05) is 0 Å². The summed E-state index contributed by atoms with van der Waals surface area (Å²) in [4.78, 5) is 2.72. The van der Waals surface area contributed by atoms with E-state index in [-0.39, 0.29) is 0 Å². The maximum atomic E-state index is 5.30. The van der Waals surface area contributed by atoms with Crippen molar-refractivity contribution in [1.82, 2.24) is 4.90 Å². The topological polar surface area (TPSA) is 3.24 Å². The molecule has 1 saturated heterocycles. The molecule has 1 aliphatic heterocycles. The molecule has 2 fully saturated rings. The van der Waals surface area contributed by atoms with Gasteiger partial charge in [0.25, 0.3) is 0 Å². The van der Waals surface area contributed by atoms with E-state index >= 15 is 0 Å². The zero-order valence-electron chi connectivity index (χ0n) is 9.75. The lowest BCUT2D eigenvalue weighted by molar-refractivity contribution is 0.189. The predicted molar refractivity (Wildman–Crippen MR) is 64.6 cm³/mol. The van der Waals surface area contributed by atoms with E-state index in [1.54, 1.807) is 0 Å². The molecule has 0 bridgehead atoms. The molecule has 1 unspecified atom stereocenters. The predicted octanol–water partition coefficient (Wildman–Crippen LogP) is 3.05. The number of terminal acetylenes is 1. The van der Waals surface area contributed by atoms with Crippen molar-refractivity contribution in [1.29, 1.82) is 0 Å². The van der Waals surface area contributed by atoms with Crippen molar-refractivity contribution < 1.29 is 0 Å². The van der Waals surface area contributed by atoms with Crippen LogP contribution in [0.3, 0.4) is 0 Å². The summed E-state index contributed by atoms with van der Waals surface area (Å²) >= 11 is 0. The summed E-state index contributed by atoms with van der Waals surface area (Å²) in [5.41, 5.74) is 0. The zero-order chi connectivity index (χ0) is 10.5. The van der Waals surface area contributed by atoms with Crippen molar-refractivity contribution in [3.63, 3.8) is 0 Å². The lowest BCUT2D eigenvalue weighted by Crippen LogP contribution is -2.35. The average molecular weight is 205 g/mol. The Balaban J connectivity index is 1.79. The second kappa shape index (κ2) is 5.56. The minimum atomic E-state index is 0.908. The van der Waals surface area contributed by atoms with Crippen molar-refractivity contribution >= 4 is 0 Å². The second-order valence-corrected chi connectivity index (χ2v) is 5.10. The standard InChI is InChI=1S/C14H23N/c1-2-3-6-11-15-12-7-10-14(15)13-8-4-5-9-13/h1,13-14H,3-12H2. The number of unbranched alkanes of at least 4 members (excludes halogenated alkanes) is 1. The van der Waals surface area contributed by atoms with Crippen molar-refractivity contribution in [3.8, 4) is 12.3 Å². The number of hydrogen-bond donors (Lipinski definition) is 0. The molecule has 15 heavy (non-hydrogen) atoms. The molecule has 1 atom stereocenters. The first kappa shape index (κ1) is 11.0. The van der Waals surface area contributed by atoms with Gasteiger partial charge < -0.3 is 4.90 Å². The molecule has 0 radical (unpaired) electrons. The highest BCUT2D eigenvalue weighted by atomic mass is 15.2. The summed E-state index contributed by atoms with van der Waals surface area (Å²) in [7, 11) is 0. The van der Waals surface area contributed by atoms with Crippen LogP contribution in [0.1, 0.15) is 51.4 Å². The summed E-state index contributed by atoms with van der Waals surface area (Å²) in [5, 5.41) is 0. The third-order valence-corrected chi connectivity index (χ3v) is 4.12. The quantitative estimate of drug-likeness (QED) is 0.503. The summed E-state index contributed by atoms with van der Waals surface area (Å²) in [6.07, 6.45) is 16.2. The van der Waals surface area contributed by atoms with Crippen molar-refractivity contribution in [2.24, 2.45) is 5.92 Å². The highest BCUT2D eigenvalue weighted by Crippen LogP contribution is 2.35. The van der Waals surface area contributed by atoms with Crippen LogP contribution in [-0.2, 0) is 0 Å². The van der Waals surface area contributed by atoms with Gasteiger partial charge in [0.1, 0.15) is 0 Å². The molecule has 2 rings (SSSR count). The maximum Gasteiger partial charge on any atom is 0.0124 e. The van der Waals surface area contributed by atoms with Crippen molar-refractivity contribution in [2.45, 2.75) is 57.4 Å². The monoisotopic (exact) mass is 205 g/mol. The lowest BCUT2D eigenvalue weighted by Gasteiger charge is -2.29. The van der Waals surface area contributed by atoms with Gasteiger partial charge in [0.2, 0.25) is 0 Å². The van der Waals surface area contributed by atoms with Crippen LogP contribution < -0.4 is 0 Å². The fraction of sp³-hybridized carbons (Fsp3) is 0.857. The van der Waals surface area contributed by atoms with Gasteiger partial charge in [-0.15, -0.1) is 12.3 Å². The molecule has 1 nitrogen and oxygen atoms in total. The third kappa shape index (κ3) is 2.75. The van der Waals surface area contributed by atoms with Gasteiger partial charge in [0.05, 0.1) is 0 Å². The first-order valence-corrected chi connectivity index (χ1v) is 6.59. The summed E-state index contributed by atoms with van der Waals surface area (Å²) in [6, 6.07) is 0.908. The Labute approximate surface area is 94.2 Å². The summed E-state index contributed by atoms with van der Waals surface area (Å²) < 4.78 is 0. The fourth-order valence-corrected chi connectivity index (χ4v) is 3.39. The number of likely N-dealkylation sites (tertiary alicyclic amines) is 1. The molecule has 1 heterocycles. The number of nitrogens with zero attached hydrogens (tertiary/aromatic N) is 1. The second-order valence-electron chi connectivity index (χ2n) is 5.10.